The zero-order valence-corrected chi connectivity index (χ0v) is 26.1. The van der Waals surface area contributed by atoms with Crippen molar-refractivity contribution >= 4 is 62.1 Å². The lowest BCUT2D eigenvalue weighted by molar-refractivity contribution is -0.145. The van der Waals surface area contributed by atoms with Gasteiger partial charge < -0.3 is 9.47 Å². The predicted octanol–water partition coefficient (Wildman–Crippen LogP) is 7.24. The highest BCUT2D eigenvalue weighted by atomic mass is 35.5. The van der Waals surface area contributed by atoms with E-state index in [9.17, 15) is 44.3 Å². The Bertz CT molecular complexity index is 1710. The van der Waals surface area contributed by atoms with Gasteiger partial charge in [-0.3, -0.25) is 0 Å². The van der Waals surface area contributed by atoms with Crippen LogP contribution in [0.1, 0.15) is 52.9 Å². The van der Waals surface area contributed by atoms with E-state index in [1.165, 1.54) is 41.5 Å². The average molecular weight is 694 g/mol. The van der Waals surface area contributed by atoms with Crippen LogP contribution in [0.15, 0.2) is 17.2 Å². The van der Waals surface area contributed by atoms with Crippen molar-refractivity contribution in [3.05, 3.63) is 33.6 Å². The first-order chi connectivity index (χ1) is 19.6. The van der Waals surface area contributed by atoms with Gasteiger partial charge in [-0.1, -0.05) is 23.2 Å². The number of carbonyl (C=O) groups excluding carboxylic acids is 2. The van der Waals surface area contributed by atoms with Crippen LogP contribution in [0, 0.1) is 0 Å². The molecule has 20 heteroatoms. The SMILES string of the molecule is CC(C)(C)OC(=O)N(C(=O)OC(C)(C)C)c1c2c(S(C)(=O)=O)nc(C(F)(F)F)nc2nn1-c1c(Cl)cc(C(F)(F)F)cc1Cl. The van der Waals surface area contributed by atoms with Crippen molar-refractivity contribution in [1.29, 1.82) is 0 Å². The van der Waals surface area contributed by atoms with Crippen LogP contribution >= 0.6 is 23.2 Å². The Labute approximate surface area is 255 Å². The molecular weight excluding hydrogens is 671 g/mol. The lowest BCUT2D eigenvalue weighted by Crippen LogP contribution is -2.44. The zero-order chi connectivity index (χ0) is 34.0. The molecule has 3 rings (SSSR count). The maximum Gasteiger partial charge on any atom is 0.451 e. The molecule has 0 aliphatic carbocycles. The Morgan fingerprint density at radius 1 is 0.841 bits per heavy atom. The van der Waals surface area contributed by atoms with Crippen molar-refractivity contribution in [2.45, 2.75) is 70.1 Å². The minimum atomic E-state index is -5.32. The summed E-state index contributed by atoms with van der Waals surface area (Å²) in [6.07, 6.45) is -12.9. The summed E-state index contributed by atoms with van der Waals surface area (Å²) in [7, 11) is -4.76. The van der Waals surface area contributed by atoms with Gasteiger partial charge in [-0.05, 0) is 53.7 Å². The second kappa shape index (κ2) is 11.2. The molecule has 0 bridgehead atoms. The van der Waals surface area contributed by atoms with Gasteiger partial charge in [-0.25, -0.2) is 32.7 Å². The van der Waals surface area contributed by atoms with Crippen molar-refractivity contribution in [2.24, 2.45) is 0 Å². The molecule has 0 saturated heterocycles. The number of imide groups is 1. The minimum Gasteiger partial charge on any atom is -0.443 e. The molecule has 3 aromatic rings. The van der Waals surface area contributed by atoms with Crippen LogP contribution in [0.2, 0.25) is 10.0 Å². The van der Waals surface area contributed by atoms with E-state index in [4.69, 9.17) is 32.7 Å². The van der Waals surface area contributed by atoms with Gasteiger partial charge in [0.1, 0.15) is 22.3 Å². The van der Waals surface area contributed by atoms with E-state index in [2.05, 4.69) is 15.1 Å². The maximum atomic E-state index is 13.7. The number of ether oxygens (including phenoxy) is 2. The fraction of sp³-hybridized carbons (Fsp3) is 0.458. The first kappa shape index (κ1) is 35.1. The summed E-state index contributed by atoms with van der Waals surface area (Å²) in [5, 5.41) is -0.122. The number of amides is 2. The first-order valence-corrected chi connectivity index (χ1v) is 14.7. The van der Waals surface area contributed by atoms with Crippen LogP contribution in [-0.4, -0.2) is 57.8 Å². The van der Waals surface area contributed by atoms with Crippen molar-refractivity contribution < 1.29 is 53.8 Å². The van der Waals surface area contributed by atoms with E-state index in [1.807, 2.05) is 0 Å². The summed E-state index contributed by atoms with van der Waals surface area (Å²) in [6.45, 7) is 8.32. The molecule has 2 heterocycles. The molecule has 2 aromatic heterocycles. The molecule has 0 radical (unpaired) electrons. The van der Waals surface area contributed by atoms with Crippen LogP contribution in [0.3, 0.4) is 0 Å². The molecule has 11 nitrogen and oxygen atoms in total. The number of carbonyl (C=O) groups is 2. The number of fused-ring (bicyclic) bond motifs is 1. The highest BCUT2D eigenvalue weighted by molar-refractivity contribution is 7.90. The number of alkyl halides is 6. The van der Waals surface area contributed by atoms with Gasteiger partial charge in [0, 0.05) is 6.26 Å². The molecular formula is C24H23Cl2F6N5O6S. The van der Waals surface area contributed by atoms with Crippen molar-refractivity contribution in [1.82, 2.24) is 19.7 Å². The third-order valence-electron chi connectivity index (χ3n) is 5.00. The van der Waals surface area contributed by atoms with Crippen LogP contribution < -0.4 is 4.90 Å². The van der Waals surface area contributed by atoms with Crippen molar-refractivity contribution in [3.8, 4) is 5.69 Å². The van der Waals surface area contributed by atoms with Gasteiger partial charge in [0.05, 0.1) is 15.6 Å². The Morgan fingerprint density at radius 2 is 1.30 bits per heavy atom. The summed E-state index contributed by atoms with van der Waals surface area (Å²) >= 11 is 12.3. The lowest BCUT2D eigenvalue weighted by Gasteiger charge is -2.29. The molecule has 0 saturated carbocycles. The number of aromatic nitrogens is 4. The van der Waals surface area contributed by atoms with E-state index < -0.39 is 94.6 Å². The summed E-state index contributed by atoms with van der Waals surface area (Å²) in [6, 6.07) is 0.767. The van der Waals surface area contributed by atoms with E-state index >= 15 is 0 Å². The first-order valence-electron chi connectivity index (χ1n) is 12.0. The van der Waals surface area contributed by atoms with Crippen molar-refractivity contribution in [3.63, 3.8) is 0 Å². The zero-order valence-electron chi connectivity index (χ0n) is 23.8. The average Bonchev–Trinajstić information content (AvgIpc) is 3.12. The lowest BCUT2D eigenvalue weighted by atomic mass is 10.2. The van der Waals surface area contributed by atoms with Gasteiger partial charge in [-0.2, -0.15) is 31.2 Å². The second-order valence-corrected chi connectivity index (χ2v) is 13.9. The fourth-order valence-electron chi connectivity index (χ4n) is 3.50. The van der Waals surface area contributed by atoms with E-state index in [0.717, 1.165) is 0 Å². The van der Waals surface area contributed by atoms with Gasteiger partial charge in [0.15, 0.2) is 26.3 Å². The molecule has 0 N–H and O–H groups in total. The molecule has 0 atom stereocenters. The van der Waals surface area contributed by atoms with E-state index in [-0.39, 0.29) is 4.90 Å². The summed E-state index contributed by atoms with van der Waals surface area (Å²) in [4.78, 5) is 33.5. The number of benzene rings is 1. The Balaban J connectivity index is 2.65. The van der Waals surface area contributed by atoms with E-state index in [0.29, 0.717) is 23.1 Å². The topological polar surface area (TPSA) is 134 Å². The number of hydrogen-bond donors (Lipinski definition) is 0. The van der Waals surface area contributed by atoms with Gasteiger partial charge in [-0.15, -0.1) is 5.10 Å². The maximum absolute atomic E-state index is 13.7. The molecule has 2 amide bonds. The minimum absolute atomic E-state index is 0.0709. The summed E-state index contributed by atoms with van der Waals surface area (Å²) in [5.74, 6) is -2.99. The fourth-order valence-corrected chi connectivity index (χ4v) is 4.95. The normalized spacial score (nSPS) is 13.2. The third-order valence-corrected chi connectivity index (χ3v) is 6.57. The Hall–Kier alpha value is -3.38. The number of halogens is 8. The molecule has 0 fully saturated rings. The molecule has 0 aliphatic heterocycles. The van der Waals surface area contributed by atoms with Crippen LogP contribution in [0.25, 0.3) is 16.7 Å². The number of anilines is 1. The monoisotopic (exact) mass is 693 g/mol. The molecule has 44 heavy (non-hydrogen) atoms. The quantitative estimate of drug-likeness (QED) is 0.206. The third kappa shape index (κ3) is 7.63. The standard InChI is InChI=1S/C24H23Cl2F6N5O6S/c1-21(2,3)42-19(38)36(20(39)43-22(4,5)6)17-13-15(33-18(24(30,31)32)34-16(13)44(7,40)41)35-37(17)14-11(25)8-10(9-12(14)26)23(27,28)29/h8-9H,1-7H3. The predicted molar refractivity (Wildman–Crippen MR) is 145 cm³/mol. The number of hydrogen-bond acceptors (Lipinski definition) is 9. The van der Waals surface area contributed by atoms with Crippen molar-refractivity contribution in [2.75, 3.05) is 11.2 Å². The number of sulfone groups is 1. The smallest absolute Gasteiger partial charge is 0.443 e. The number of nitrogens with zero attached hydrogens (tertiary/aromatic N) is 5. The molecule has 242 valence electrons. The largest absolute Gasteiger partial charge is 0.451 e. The Kier molecular flexibility index (Phi) is 8.94. The highest BCUT2D eigenvalue weighted by Gasteiger charge is 2.43. The van der Waals surface area contributed by atoms with Crippen LogP contribution in [0.5, 0.6) is 0 Å². The van der Waals surface area contributed by atoms with Crippen LogP contribution in [0.4, 0.5) is 41.7 Å². The van der Waals surface area contributed by atoms with Gasteiger partial charge >= 0.3 is 24.5 Å². The van der Waals surface area contributed by atoms with Gasteiger partial charge in [0.2, 0.25) is 5.82 Å². The summed E-state index contributed by atoms with van der Waals surface area (Å²) < 4.78 is 118. The van der Waals surface area contributed by atoms with Crippen LogP contribution in [-0.2, 0) is 31.7 Å². The molecule has 1 aromatic carbocycles. The highest BCUT2D eigenvalue weighted by Crippen LogP contribution is 2.42. The number of rotatable bonds is 3. The molecule has 0 spiro atoms. The summed E-state index contributed by atoms with van der Waals surface area (Å²) in [5.41, 5.74) is -5.78. The second-order valence-electron chi connectivity index (χ2n) is 11.1. The van der Waals surface area contributed by atoms with E-state index in [1.54, 1.807) is 0 Å². The van der Waals surface area contributed by atoms with Gasteiger partial charge in [0.25, 0.3) is 0 Å². The molecule has 0 aliphatic rings. The molecule has 0 unspecified atom stereocenters. The Morgan fingerprint density at radius 3 is 1.66 bits per heavy atom.